The molecule has 2 nitrogen and oxygen atoms in total. The molecule has 0 atom stereocenters. The van der Waals surface area contributed by atoms with E-state index in [1.54, 1.807) is 0 Å². The first-order valence-corrected chi connectivity index (χ1v) is 24.6. The van der Waals surface area contributed by atoms with Crippen LogP contribution in [0.5, 0.6) is 0 Å². The number of fused-ring (bicyclic) bond motifs is 3. The van der Waals surface area contributed by atoms with Crippen molar-refractivity contribution in [1.29, 1.82) is 0 Å². The number of hydrogen-bond acceptors (Lipinski definition) is 3. The van der Waals surface area contributed by atoms with Crippen LogP contribution in [-0.2, 0) is 37.4 Å². The van der Waals surface area contributed by atoms with Crippen LogP contribution >= 0.6 is 11.3 Å². The van der Waals surface area contributed by atoms with E-state index in [9.17, 15) is 0 Å². The molecule has 5 heteroatoms. The van der Waals surface area contributed by atoms with E-state index in [-0.39, 0.29) is 30.9 Å². The molecule has 0 saturated carbocycles. The fraction of sp³-hybridized carbons (Fsp3) is 0.346. The predicted molar refractivity (Wildman–Crippen MR) is 248 cm³/mol. The summed E-state index contributed by atoms with van der Waals surface area (Å²) in [5.41, 5.74) is 12.6. The van der Waals surface area contributed by atoms with Crippen molar-refractivity contribution >= 4 is 44.8 Å². The van der Waals surface area contributed by atoms with E-state index < -0.39 is 8.07 Å². The zero-order valence-corrected chi connectivity index (χ0v) is 40.5. The van der Waals surface area contributed by atoms with Crippen molar-refractivity contribution in [3.63, 3.8) is 0 Å². The topological polar surface area (TPSA) is 25.8 Å². The number of hydrogen-bond donors (Lipinski definition) is 0. The van der Waals surface area contributed by atoms with E-state index in [4.69, 9.17) is 4.98 Å². The van der Waals surface area contributed by atoms with E-state index in [0.29, 0.717) is 11.8 Å². The largest absolute Gasteiger partial charge is 0.305 e. The van der Waals surface area contributed by atoms with E-state index in [1.165, 1.54) is 58.7 Å². The fourth-order valence-corrected chi connectivity index (χ4v) is 10.2. The SMILES string of the molecule is CC(C)Cc1ccnc(-c2[c-]ccc3c2sc2cc(-c4cc(C(C)(C)C)cc(C(C)(C)C)c4)ccc23)c1.CC(C)c1cc(-c2[c-]cccc2)ncc1[Si](C)(C)C.[Ir]. The second-order valence-electron chi connectivity index (χ2n) is 19.2. The van der Waals surface area contributed by atoms with Crippen LogP contribution in [0.2, 0.25) is 19.6 Å². The molecule has 0 aliphatic rings. The minimum atomic E-state index is -1.34. The van der Waals surface area contributed by atoms with Crippen LogP contribution in [0.4, 0.5) is 0 Å². The summed E-state index contributed by atoms with van der Waals surface area (Å²) in [5, 5.41) is 4.07. The quantitative estimate of drug-likeness (QED) is 0.118. The Balaban J connectivity index is 0.000000262. The molecule has 4 aromatic carbocycles. The molecule has 0 unspecified atom stereocenters. The van der Waals surface area contributed by atoms with Crippen molar-refractivity contribution in [3.8, 4) is 33.6 Å². The van der Waals surface area contributed by atoms with Crippen molar-refractivity contribution in [3.05, 3.63) is 138 Å². The Bertz CT molecular complexity index is 2430. The van der Waals surface area contributed by atoms with Gasteiger partial charge in [-0.3, -0.25) is 0 Å². The first kappa shape index (κ1) is 44.4. The molecule has 0 bridgehead atoms. The third-order valence-electron chi connectivity index (χ3n) is 10.5. The summed E-state index contributed by atoms with van der Waals surface area (Å²) in [6.45, 7) is 30.0. The number of nitrogens with zero attached hydrogens (tertiary/aromatic N) is 2. The number of pyridine rings is 2. The van der Waals surface area contributed by atoms with Gasteiger partial charge in [-0.2, -0.15) is 11.3 Å². The summed E-state index contributed by atoms with van der Waals surface area (Å²) >= 11 is 1.86. The standard InChI is InChI=1S/C35H38NS.C17H22NSi.Ir/c1-22(2)16-23-14-15-36-31(17-23)30-11-9-10-29-28-13-12-24(20-32(28)37-33(29)30)25-18-26(34(3,4)5)21-27(19-25)35(6,7)8;1-13(2)15-11-16(14-9-7-6-8-10-14)18-12-17(15)19(3,4)5;/h9-10,12-15,17-22H,16H2,1-8H3;6-9,11-13H,1-5H3;/q2*-1;. The summed E-state index contributed by atoms with van der Waals surface area (Å²) in [7, 11) is -1.34. The first-order chi connectivity index (χ1) is 26.3. The first-order valence-electron chi connectivity index (χ1n) is 20.3. The monoisotopic (exact) mass is 965 g/mol. The Morgan fingerprint density at radius 1 is 0.684 bits per heavy atom. The van der Waals surface area contributed by atoms with E-state index in [0.717, 1.165) is 28.9 Å². The van der Waals surface area contributed by atoms with Crippen molar-refractivity contribution in [2.45, 2.75) is 112 Å². The molecule has 7 rings (SSSR count). The average molecular weight is 965 g/mol. The van der Waals surface area contributed by atoms with Gasteiger partial charge in [-0.1, -0.05) is 148 Å². The third kappa shape index (κ3) is 10.5. The molecular formula is C52H60IrN2SSi-2. The van der Waals surface area contributed by atoms with Crippen molar-refractivity contribution < 1.29 is 20.1 Å². The molecular weight excluding hydrogens is 905 g/mol. The fourth-order valence-electron chi connectivity index (χ4n) is 7.26. The minimum Gasteiger partial charge on any atom is -0.305 e. The summed E-state index contributed by atoms with van der Waals surface area (Å²) in [6.07, 6.45) is 5.10. The third-order valence-corrected chi connectivity index (χ3v) is 13.7. The average Bonchev–Trinajstić information content (AvgIpc) is 3.52. The maximum Gasteiger partial charge on any atom is 0.0799 e. The van der Waals surface area contributed by atoms with Crippen LogP contribution in [0.1, 0.15) is 97.4 Å². The summed E-state index contributed by atoms with van der Waals surface area (Å²) in [6, 6.07) is 39.8. The van der Waals surface area contributed by atoms with Crippen LogP contribution in [0.3, 0.4) is 0 Å². The van der Waals surface area contributed by atoms with Crippen LogP contribution in [0.15, 0.2) is 103 Å². The summed E-state index contributed by atoms with van der Waals surface area (Å²) < 4.78 is 2.58. The normalized spacial score (nSPS) is 12.2. The molecule has 3 aromatic heterocycles. The molecule has 57 heavy (non-hydrogen) atoms. The molecule has 0 aliphatic carbocycles. The molecule has 3 heterocycles. The minimum absolute atomic E-state index is 0. The Morgan fingerprint density at radius 2 is 1.39 bits per heavy atom. The van der Waals surface area contributed by atoms with Crippen molar-refractivity contribution in [2.24, 2.45) is 5.92 Å². The van der Waals surface area contributed by atoms with Gasteiger partial charge in [0.25, 0.3) is 0 Å². The van der Waals surface area contributed by atoms with Crippen molar-refractivity contribution in [1.82, 2.24) is 9.97 Å². The van der Waals surface area contributed by atoms with E-state index in [2.05, 4.69) is 185 Å². The number of benzene rings is 4. The molecule has 1 radical (unpaired) electrons. The van der Waals surface area contributed by atoms with Crippen molar-refractivity contribution in [2.75, 3.05) is 0 Å². The molecule has 0 spiro atoms. The van der Waals surface area contributed by atoms with Gasteiger partial charge < -0.3 is 9.97 Å². The molecule has 7 aromatic rings. The zero-order chi connectivity index (χ0) is 40.6. The molecule has 0 N–H and O–H groups in total. The number of rotatable bonds is 7. The summed E-state index contributed by atoms with van der Waals surface area (Å²) in [5.74, 6) is 1.15. The van der Waals surface area contributed by atoms with Gasteiger partial charge in [-0.25, -0.2) is 0 Å². The molecule has 0 aliphatic heterocycles. The van der Waals surface area contributed by atoms with Crippen LogP contribution in [0, 0.1) is 18.1 Å². The van der Waals surface area contributed by atoms with Gasteiger partial charge in [-0.15, -0.1) is 59.7 Å². The van der Waals surface area contributed by atoms with Crippen LogP contribution in [0.25, 0.3) is 53.8 Å². The molecule has 0 amide bonds. The summed E-state index contributed by atoms with van der Waals surface area (Å²) in [4.78, 5) is 9.41. The van der Waals surface area contributed by atoms with Gasteiger partial charge in [0.2, 0.25) is 0 Å². The smallest absolute Gasteiger partial charge is 0.0799 e. The Morgan fingerprint density at radius 3 is 1.98 bits per heavy atom. The van der Waals surface area contributed by atoms with E-state index in [1.807, 2.05) is 35.7 Å². The Hall–Kier alpha value is -3.73. The van der Waals surface area contributed by atoms with Gasteiger partial charge in [0.05, 0.1) is 8.07 Å². The second-order valence-corrected chi connectivity index (χ2v) is 25.3. The van der Waals surface area contributed by atoms with Gasteiger partial charge >= 0.3 is 0 Å². The second kappa shape index (κ2) is 17.6. The molecule has 0 saturated heterocycles. The van der Waals surface area contributed by atoms with Crippen LogP contribution in [-0.4, -0.2) is 18.0 Å². The molecule has 299 valence electrons. The maximum atomic E-state index is 4.74. The van der Waals surface area contributed by atoms with Gasteiger partial charge in [0, 0.05) is 37.2 Å². The van der Waals surface area contributed by atoms with Crippen LogP contribution < -0.4 is 5.19 Å². The number of aromatic nitrogens is 2. The van der Waals surface area contributed by atoms with Gasteiger partial charge in [-0.05, 0) is 90.1 Å². The zero-order valence-electron chi connectivity index (χ0n) is 36.3. The maximum absolute atomic E-state index is 4.74. The van der Waals surface area contributed by atoms with E-state index >= 15 is 0 Å². The molecule has 0 fully saturated rings. The van der Waals surface area contributed by atoms with Gasteiger partial charge in [0.15, 0.2) is 0 Å². The van der Waals surface area contributed by atoms with Gasteiger partial charge in [0.1, 0.15) is 0 Å². The Labute approximate surface area is 362 Å². The number of thiophene rings is 1. The Kier molecular flexibility index (Phi) is 13.7. The predicted octanol–water partition coefficient (Wildman–Crippen LogP) is 14.6.